The van der Waals surface area contributed by atoms with Crippen molar-refractivity contribution >= 4 is 5.97 Å². The molecule has 4 nitrogen and oxygen atoms in total. The van der Waals surface area contributed by atoms with Gasteiger partial charge in [-0.15, -0.1) is 0 Å². The summed E-state index contributed by atoms with van der Waals surface area (Å²) >= 11 is 0. The van der Waals surface area contributed by atoms with E-state index < -0.39 is 6.04 Å². The third kappa shape index (κ3) is 5.01. The Bertz CT molecular complexity index is 398. The lowest BCUT2D eigenvalue weighted by atomic mass is 10.0. The number of carbonyl (C=O) groups excluding carboxylic acids is 1. The number of ether oxygens (including phenoxy) is 2. The first-order chi connectivity index (χ1) is 9.08. The zero-order valence-electron chi connectivity index (χ0n) is 12.2. The molecule has 0 bridgehead atoms. The van der Waals surface area contributed by atoms with E-state index in [2.05, 4.69) is 11.4 Å². The van der Waals surface area contributed by atoms with Crippen LogP contribution in [0, 0.1) is 13.8 Å². The van der Waals surface area contributed by atoms with E-state index in [1.54, 1.807) is 7.11 Å². The van der Waals surface area contributed by atoms with E-state index in [0.717, 1.165) is 16.7 Å². The number of hydrogen-bond donors (Lipinski definition) is 1. The largest absolute Gasteiger partial charge is 0.465 e. The average molecular weight is 265 g/mol. The summed E-state index contributed by atoms with van der Waals surface area (Å²) in [5, 5.41) is 3.18. The molecule has 1 aromatic rings. The van der Waals surface area contributed by atoms with Crippen molar-refractivity contribution < 1.29 is 14.3 Å². The summed E-state index contributed by atoms with van der Waals surface area (Å²) in [6, 6.07) is 5.66. The van der Waals surface area contributed by atoms with Gasteiger partial charge in [0.25, 0.3) is 0 Å². The normalized spacial score (nSPS) is 12.2. The third-order valence-corrected chi connectivity index (χ3v) is 2.75. The molecule has 0 heterocycles. The number of carbonyl (C=O) groups is 1. The highest BCUT2D eigenvalue weighted by atomic mass is 16.5. The van der Waals surface area contributed by atoms with Gasteiger partial charge in [0.1, 0.15) is 6.04 Å². The molecule has 1 atom stereocenters. The van der Waals surface area contributed by atoms with Crippen LogP contribution < -0.4 is 5.32 Å². The molecule has 1 unspecified atom stereocenters. The van der Waals surface area contributed by atoms with Crippen molar-refractivity contribution in [3.8, 4) is 0 Å². The third-order valence-electron chi connectivity index (χ3n) is 2.75. The Balaban J connectivity index is 2.90. The topological polar surface area (TPSA) is 47.6 Å². The molecular formula is C15H23NO3. The molecule has 0 saturated carbocycles. The Kier molecular flexibility index (Phi) is 6.53. The molecule has 4 heteroatoms. The Labute approximate surface area is 115 Å². The molecule has 19 heavy (non-hydrogen) atoms. The number of aryl methyl sites for hydroxylation is 2. The number of esters is 1. The molecule has 0 spiro atoms. The van der Waals surface area contributed by atoms with Crippen molar-refractivity contribution in [2.24, 2.45) is 0 Å². The molecule has 0 amide bonds. The first-order valence-electron chi connectivity index (χ1n) is 6.55. The summed E-state index contributed by atoms with van der Waals surface area (Å²) < 4.78 is 10.1. The van der Waals surface area contributed by atoms with E-state index in [1.807, 2.05) is 32.9 Å². The zero-order chi connectivity index (χ0) is 14.3. The van der Waals surface area contributed by atoms with Crippen LogP contribution in [-0.2, 0) is 14.3 Å². The van der Waals surface area contributed by atoms with Crippen molar-refractivity contribution in [3.05, 3.63) is 34.9 Å². The quantitative estimate of drug-likeness (QED) is 0.606. The Morgan fingerprint density at radius 1 is 1.26 bits per heavy atom. The van der Waals surface area contributed by atoms with E-state index in [-0.39, 0.29) is 5.97 Å². The van der Waals surface area contributed by atoms with Gasteiger partial charge in [-0.05, 0) is 26.3 Å². The number of nitrogens with one attached hydrogen (secondary N) is 1. The van der Waals surface area contributed by atoms with Crippen LogP contribution in [-0.4, -0.2) is 32.8 Å². The fraction of sp³-hybridized carbons (Fsp3) is 0.533. The molecule has 1 aromatic carbocycles. The number of methoxy groups -OCH3 is 1. The SMILES string of the molecule is CCOC(=O)C(NCCOC)c1cc(C)cc(C)c1. The highest BCUT2D eigenvalue weighted by molar-refractivity contribution is 5.77. The average Bonchev–Trinajstić information content (AvgIpc) is 2.33. The summed E-state index contributed by atoms with van der Waals surface area (Å²) in [6.07, 6.45) is 0. The Hall–Kier alpha value is -1.39. The van der Waals surface area contributed by atoms with Crippen molar-refractivity contribution in [1.29, 1.82) is 0 Å². The molecule has 1 N–H and O–H groups in total. The maximum atomic E-state index is 12.0. The van der Waals surface area contributed by atoms with Crippen LogP contribution in [0.1, 0.15) is 29.7 Å². The molecule has 0 aliphatic heterocycles. The lowest BCUT2D eigenvalue weighted by molar-refractivity contribution is -0.145. The van der Waals surface area contributed by atoms with Gasteiger partial charge in [0, 0.05) is 13.7 Å². The van der Waals surface area contributed by atoms with Crippen LogP contribution in [0.2, 0.25) is 0 Å². The lowest BCUT2D eigenvalue weighted by Crippen LogP contribution is -2.32. The van der Waals surface area contributed by atoms with Crippen molar-refractivity contribution in [2.75, 3.05) is 26.9 Å². The van der Waals surface area contributed by atoms with Gasteiger partial charge in [0.15, 0.2) is 0 Å². The highest BCUT2D eigenvalue weighted by Gasteiger charge is 2.21. The molecule has 0 saturated heterocycles. The Morgan fingerprint density at radius 3 is 2.42 bits per heavy atom. The molecule has 0 aliphatic rings. The predicted molar refractivity (Wildman–Crippen MR) is 75.2 cm³/mol. The van der Waals surface area contributed by atoms with Crippen LogP contribution in [0.25, 0.3) is 0 Å². The zero-order valence-corrected chi connectivity index (χ0v) is 12.2. The second-order valence-corrected chi connectivity index (χ2v) is 4.55. The number of hydrogen-bond acceptors (Lipinski definition) is 4. The van der Waals surface area contributed by atoms with Gasteiger partial charge in [0.2, 0.25) is 0 Å². The van der Waals surface area contributed by atoms with Gasteiger partial charge in [-0.3, -0.25) is 5.32 Å². The van der Waals surface area contributed by atoms with Gasteiger partial charge in [-0.1, -0.05) is 29.3 Å². The van der Waals surface area contributed by atoms with Crippen molar-refractivity contribution in [1.82, 2.24) is 5.32 Å². The minimum absolute atomic E-state index is 0.247. The summed E-state index contributed by atoms with van der Waals surface area (Å²) in [6.45, 7) is 7.40. The fourth-order valence-corrected chi connectivity index (χ4v) is 2.04. The maximum absolute atomic E-state index is 12.0. The molecule has 0 fully saturated rings. The first-order valence-corrected chi connectivity index (χ1v) is 6.55. The van der Waals surface area contributed by atoms with Gasteiger partial charge in [-0.2, -0.15) is 0 Å². The fourth-order valence-electron chi connectivity index (χ4n) is 2.04. The van der Waals surface area contributed by atoms with Crippen LogP contribution >= 0.6 is 0 Å². The van der Waals surface area contributed by atoms with E-state index in [4.69, 9.17) is 9.47 Å². The van der Waals surface area contributed by atoms with Crippen molar-refractivity contribution in [3.63, 3.8) is 0 Å². The summed E-state index contributed by atoms with van der Waals surface area (Å²) in [5.74, 6) is -0.247. The molecule has 106 valence electrons. The molecule has 0 aliphatic carbocycles. The molecule has 1 rings (SSSR count). The van der Waals surface area contributed by atoms with Crippen LogP contribution in [0.5, 0.6) is 0 Å². The van der Waals surface area contributed by atoms with Crippen LogP contribution in [0.4, 0.5) is 0 Å². The monoisotopic (exact) mass is 265 g/mol. The standard InChI is InChI=1S/C15H23NO3/c1-5-19-15(17)14(16-6-7-18-4)13-9-11(2)8-12(3)10-13/h8-10,14,16H,5-7H2,1-4H3. The predicted octanol–water partition coefficient (Wildman–Crippen LogP) is 2.14. The smallest absolute Gasteiger partial charge is 0.327 e. The number of benzene rings is 1. The molecule has 0 radical (unpaired) electrons. The van der Waals surface area contributed by atoms with E-state index in [1.165, 1.54) is 0 Å². The van der Waals surface area contributed by atoms with Crippen LogP contribution in [0.15, 0.2) is 18.2 Å². The van der Waals surface area contributed by atoms with Crippen molar-refractivity contribution in [2.45, 2.75) is 26.8 Å². The minimum Gasteiger partial charge on any atom is -0.465 e. The molecular weight excluding hydrogens is 242 g/mol. The van der Waals surface area contributed by atoms with Gasteiger partial charge in [-0.25, -0.2) is 4.79 Å². The van der Waals surface area contributed by atoms with Gasteiger partial charge >= 0.3 is 5.97 Å². The molecule has 0 aromatic heterocycles. The van der Waals surface area contributed by atoms with Crippen LogP contribution in [0.3, 0.4) is 0 Å². The van der Waals surface area contributed by atoms with E-state index in [9.17, 15) is 4.79 Å². The highest BCUT2D eigenvalue weighted by Crippen LogP contribution is 2.18. The summed E-state index contributed by atoms with van der Waals surface area (Å²) in [4.78, 5) is 12.0. The minimum atomic E-state index is -0.436. The van der Waals surface area contributed by atoms with Gasteiger partial charge in [0.05, 0.1) is 13.2 Å². The van der Waals surface area contributed by atoms with E-state index in [0.29, 0.717) is 19.8 Å². The number of rotatable bonds is 7. The second kappa shape index (κ2) is 7.92. The maximum Gasteiger partial charge on any atom is 0.327 e. The first kappa shape index (κ1) is 15.7. The summed E-state index contributed by atoms with van der Waals surface area (Å²) in [7, 11) is 1.64. The second-order valence-electron chi connectivity index (χ2n) is 4.55. The Morgan fingerprint density at radius 2 is 1.89 bits per heavy atom. The van der Waals surface area contributed by atoms with E-state index >= 15 is 0 Å². The summed E-state index contributed by atoms with van der Waals surface area (Å²) in [5.41, 5.74) is 3.21. The lowest BCUT2D eigenvalue weighted by Gasteiger charge is -2.18. The van der Waals surface area contributed by atoms with Gasteiger partial charge < -0.3 is 9.47 Å².